The molecule has 0 spiro atoms. The summed E-state index contributed by atoms with van der Waals surface area (Å²) in [6.45, 7) is 5.71. The van der Waals surface area contributed by atoms with E-state index in [4.69, 9.17) is 35.4 Å². The highest BCUT2D eigenvalue weighted by atomic mass is 35.5. The maximum Gasteiger partial charge on any atom is 0.258 e. The largest absolute Gasteiger partial charge is 0.347 e. The fraction of sp³-hybridized carbons (Fsp3) is 0.211. The summed E-state index contributed by atoms with van der Waals surface area (Å²) >= 11 is 17.0. The number of nitrogens with one attached hydrogen (secondary N) is 3. The van der Waals surface area contributed by atoms with Gasteiger partial charge in [0.05, 0.1) is 10.6 Å². The minimum absolute atomic E-state index is 0.0828. The minimum atomic E-state index is -0.462. The first kappa shape index (κ1) is 21.2. The van der Waals surface area contributed by atoms with Gasteiger partial charge < -0.3 is 10.6 Å². The number of hydrogen-bond acceptors (Lipinski definition) is 3. The number of amides is 2. The first-order valence-corrected chi connectivity index (χ1v) is 9.21. The number of halogens is 2. The van der Waals surface area contributed by atoms with Gasteiger partial charge in [0.2, 0.25) is 0 Å². The van der Waals surface area contributed by atoms with Gasteiger partial charge in [-0.2, -0.15) is 0 Å². The molecule has 2 amide bonds. The Morgan fingerprint density at radius 2 is 1.70 bits per heavy atom. The van der Waals surface area contributed by atoms with Crippen LogP contribution >= 0.6 is 35.4 Å². The molecule has 5 nitrogen and oxygen atoms in total. The van der Waals surface area contributed by atoms with Crippen molar-refractivity contribution in [1.29, 1.82) is 0 Å². The first-order valence-electron chi connectivity index (χ1n) is 8.05. The van der Waals surface area contributed by atoms with Gasteiger partial charge in [0.15, 0.2) is 5.11 Å². The van der Waals surface area contributed by atoms with E-state index in [1.807, 2.05) is 20.8 Å². The summed E-state index contributed by atoms with van der Waals surface area (Å²) in [5, 5.41) is 9.05. The van der Waals surface area contributed by atoms with Gasteiger partial charge in [0.1, 0.15) is 0 Å². The molecule has 2 rings (SSSR count). The standard InChI is InChI=1S/C19H19Cl2N3O2S/c1-19(2,3)24-16(25)11-5-4-6-13(9-11)22-18(27)23-17(26)14-8-7-12(20)10-15(14)21/h4-10H,1-3H3,(H,24,25)(H2,22,23,26,27). The molecule has 0 atom stereocenters. The van der Waals surface area contributed by atoms with Crippen molar-refractivity contribution in [2.24, 2.45) is 0 Å². The van der Waals surface area contributed by atoms with Gasteiger partial charge in [-0.3, -0.25) is 14.9 Å². The number of carbonyl (C=O) groups excluding carboxylic acids is 2. The van der Waals surface area contributed by atoms with E-state index in [0.29, 0.717) is 16.3 Å². The molecule has 0 radical (unpaired) electrons. The molecule has 0 aliphatic heterocycles. The van der Waals surface area contributed by atoms with Gasteiger partial charge in [-0.1, -0.05) is 29.3 Å². The van der Waals surface area contributed by atoms with E-state index in [0.717, 1.165) is 0 Å². The monoisotopic (exact) mass is 423 g/mol. The number of benzene rings is 2. The van der Waals surface area contributed by atoms with Crippen molar-refractivity contribution in [1.82, 2.24) is 10.6 Å². The highest BCUT2D eigenvalue weighted by Gasteiger charge is 2.16. The molecule has 2 aromatic rings. The van der Waals surface area contributed by atoms with Crippen LogP contribution in [-0.4, -0.2) is 22.5 Å². The molecule has 2 aromatic carbocycles. The average Bonchev–Trinajstić information content (AvgIpc) is 2.53. The zero-order valence-corrected chi connectivity index (χ0v) is 17.4. The van der Waals surface area contributed by atoms with Crippen LogP contribution in [-0.2, 0) is 0 Å². The van der Waals surface area contributed by atoms with Crippen molar-refractivity contribution in [3.8, 4) is 0 Å². The zero-order valence-electron chi connectivity index (χ0n) is 15.0. The van der Waals surface area contributed by atoms with Crippen molar-refractivity contribution in [3.63, 3.8) is 0 Å². The van der Waals surface area contributed by atoms with E-state index in [9.17, 15) is 9.59 Å². The highest BCUT2D eigenvalue weighted by Crippen LogP contribution is 2.21. The molecule has 0 bridgehead atoms. The second kappa shape index (κ2) is 8.69. The van der Waals surface area contributed by atoms with Gasteiger partial charge in [0.25, 0.3) is 11.8 Å². The molecule has 8 heteroatoms. The van der Waals surface area contributed by atoms with Crippen molar-refractivity contribution < 1.29 is 9.59 Å². The third-order valence-electron chi connectivity index (χ3n) is 3.27. The second-order valence-corrected chi connectivity index (χ2v) is 8.07. The number of thiocarbonyl (C=S) groups is 1. The van der Waals surface area contributed by atoms with Gasteiger partial charge in [-0.05, 0) is 69.4 Å². The lowest BCUT2D eigenvalue weighted by Gasteiger charge is -2.20. The first-order chi connectivity index (χ1) is 12.5. The lowest BCUT2D eigenvalue weighted by molar-refractivity contribution is 0.0918. The van der Waals surface area contributed by atoms with Crippen LogP contribution < -0.4 is 16.0 Å². The lowest BCUT2D eigenvalue weighted by Crippen LogP contribution is -2.40. The number of hydrogen-bond donors (Lipinski definition) is 3. The maximum atomic E-state index is 12.3. The van der Waals surface area contributed by atoms with Crippen LogP contribution in [0.25, 0.3) is 0 Å². The van der Waals surface area contributed by atoms with Crippen LogP contribution in [0.4, 0.5) is 5.69 Å². The van der Waals surface area contributed by atoms with Crippen LogP contribution in [0.5, 0.6) is 0 Å². The van der Waals surface area contributed by atoms with Crippen molar-refractivity contribution in [2.45, 2.75) is 26.3 Å². The summed E-state index contributed by atoms with van der Waals surface area (Å²) in [6, 6.07) is 11.4. The summed E-state index contributed by atoms with van der Waals surface area (Å²) in [6.07, 6.45) is 0. The van der Waals surface area contributed by atoms with Gasteiger partial charge >= 0.3 is 0 Å². The van der Waals surface area contributed by atoms with Crippen molar-refractivity contribution in [3.05, 3.63) is 63.6 Å². The molecule has 0 saturated heterocycles. The Morgan fingerprint density at radius 1 is 1.00 bits per heavy atom. The van der Waals surface area contributed by atoms with Crippen LogP contribution in [0, 0.1) is 0 Å². The SMILES string of the molecule is CC(C)(C)NC(=O)c1cccc(NC(=S)NC(=O)c2ccc(Cl)cc2Cl)c1. The quantitative estimate of drug-likeness (QED) is 0.628. The third kappa shape index (κ3) is 6.50. The van der Waals surface area contributed by atoms with E-state index >= 15 is 0 Å². The zero-order chi connectivity index (χ0) is 20.2. The third-order valence-corrected chi connectivity index (χ3v) is 4.03. The van der Waals surface area contributed by atoms with Crippen molar-refractivity contribution >= 4 is 58.0 Å². The van der Waals surface area contributed by atoms with E-state index in [1.54, 1.807) is 30.3 Å². The van der Waals surface area contributed by atoms with Crippen LogP contribution in [0.1, 0.15) is 41.5 Å². The van der Waals surface area contributed by atoms with E-state index in [1.165, 1.54) is 12.1 Å². The minimum Gasteiger partial charge on any atom is -0.347 e. The van der Waals surface area contributed by atoms with Gasteiger partial charge in [-0.25, -0.2) is 0 Å². The summed E-state index contributed by atoms with van der Waals surface area (Å²) in [4.78, 5) is 24.5. The summed E-state index contributed by atoms with van der Waals surface area (Å²) in [5.41, 5.74) is 0.958. The molecular weight excluding hydrogens is 405 g/mol. The van der Waals surface area contributed by atoms with Crippen LogP contribution in [0.15, 0.2) is 42.5 Å². The van der Waals surface area contributed by atoms with E-state index < -0.39 is 5.91 Å². The average molecular weight is 424 g/mol. The molecule has 3 N–H and O–H groups in total. The fourth-order valence-electron chi connectivity index (χ4n) is 2.16. The Hall–Kier alpha value is -2.15. The predicted molar refractivity (Wildman–Crippen MR) is 114 cm³/mol. The number of carbonyl (C=O) groups is 2. The molecule has 0 saturated carbocycles. The molecular formula is C19H19Cl2N3O2S. The van der Waals surface area contributed by atoms with Crippen LogP contribution in [0.2, 0.25) is 10.0 Å². The summed E-state index contributed by atoms with van der Waals surface area (Å²) in [7, 11) is 0. The fourth-order valence-corrected chi connectivity index (χ4v) is 2.86. The molecule has 0 fully saturated rings. The maximum absolute atomic E-state index is 12.3. The summed E-state index contributed by atoms with van der Waals surface area (Å²) < 4.78 is 0. The molecule has 0 aliphatic carbocycles. The Balaban J connectivity index is 2.04. The molecule has 0 unspecified atom stereocenters. The molecule has 0 aromatic heterocycles. The molecule has 0 aliphatic rings. The highest BCUT2D eigenvalue weighted by molar-refractivity contribution is 7.80. The van der Waals surface area contributed by atoms with Crippen LogP contribution in [0.3, 0.4) is 0 Å². The topological polar surface area (TPSA) is 70.2 Å². The molecule has 142 valence electrons. The Labute approximate surface area is 173 Å². The predicted octanol–water partition coefficient (Wildman–Crippen LogP) is 4.65. The Morgan fingerprint density at radius 3 is 2.33 bits per heavy atom. The van der Waals surface area contributed by atoms with E-state index in [2.05, 4.69) is 16.0 Å². The van der Waals surface area contributed by atoms with E-state index in [-0.39, 0.29) is 27.1 Å². The summed E-state index contributed by atoms with van der Waals surface area (Å²) in [5.74, 6) is -0.662. The molecule has 0 heterocycles. The Kier molecular flexibility index (Phi) is 6.81. The normalized spacial score (nSPS) is 10.9. The van der Waals surface area contributed by atoms with Gasteiger partial charge in [-0.15, -0.1) is 0 Å². The smallest absolute Gasteiger partial charge is 0.258 e. The second-order valence-electron chi connectivity index (χ2n) is 6.82. The number of rotatable bonds is 3. The lowest BCUT2D eigenvalue weighted by atomic mass is 10.1. The van der Waals surface area contributed by atoms with Gasteiger partial charge in [0, 0.05) is 21.8 Å². The Bertz CT molecular complexity index is 895. The number of anilines is 1. The molecule has 27 heavy (non-hydrogen) atoms. The van der Waals surface area contributed by atoms with Crippen molar-refractivity contribution in [2.75, 3.05) is 5.32 Å².